The van der Waals surface area contributed by atoms with Crippen molar-refractivity contribution in [3.05, 3.63) is 42.0 Å². The summed E-state index contributed by atoms with van der Waals surface area (Å²) in [4.78, 5) is 11.5. The van der Waals surface area contributed by atoms with Crippen molar-refractivity contribution in [3.8, 4) is 0 Å². The van der Waals surface area contributed by atoms with E-state index in [1.807, 2.05) is 30.3 Å². The second kappa shape index (κ2) is 5.39. The zero-order valence-corrected chi connectivity index (χ0v) is 10.9. The second-order valence-electron chi connectivity index (χ2n) is 4.22. The van der Waals surface area contributed by atoms with Crippen molar-refractivity contribution in [1.82, 2.24) is 0 Å². The fraction of sp³-hybridized carbons (Fsp3) is 0.308. The first-order valence-corrected chi connectivity index (χ1v) is 5.82. The first-order valence-electron chi connectivity index (χ1n) is 5.03. The normalized spacial score (nSPS) is 12.6. The van der Waals surface area contributed by atoms with Crippen molar-refractivity contribution in [3.63, 3.8) is 0 Å². The van der Waals surface area contributed by atoms with Crippen molar-refractivity contribution in [2.75, 3.05) is 0 Å². The number of carbonyl (C=O) groups excluding carboxylic acids is 1. The summed E-state index contributed by atoms with van der Waals surface area (Å²) in [7, 11) is 0. The molecule has 86 valence electrons. The van der Waals surface area contributed by atoms with Crippen LogP contribution in [-0.2, 0) is 4.79 Å². The van der Waals surface area contributed by atoms with Gasteiger partial charge in [-0.2, -0.15) is 0 Å². The number of benzene rings is 1. The van der Waals surface area contributed by atoms with Gasteiger partial charge >= 0.3 is 0 Å². The monoisotopic (exact) mass is 284 g/mol. The van der Waals surface area contributed by atoms with Crippen LogP contribution < -0.4 is 0 Å². The molecule has 0 saturated heterocycles. The van der Waals surface area contributed by atoms with Crippen molar-refractivity contribution >= 4 is 26.2 Å². The third-order valence-electron chi connectivity index (χ3n) is 1.93. The molecule has 0 heterocycles. The fourth-order valence-corrected chi connectivity index (χ4v) is 1.81. The molecule has 16 heavy (non-hydrogen) atoms. The maximum absolute atomic E-state index is 13.2. The number of halogens is 2. The molecule has 0 spiro atoms. The molecule has 0 bridgehead atoms. The summed E-state index contributed by atoms with van der Waals surface area (Å²) in [5, 5.41) is 0. The maximum atomic E-state index is 13.2. The van der Waals surface area contributed by atoms with Gasteiger partial charge in [-0.1, -0.05) is 46.3 Å². The molecule has 0 atom stereocenters. The van der Waals surface area contributed by atoms with E-state index in [4.69, 9.17) is 0 Å². The van der Waals surface area contributed by atoms with Crippen LogP contribution in [0.25, 0.3) is 4.48 Å². The Balaban J connectivity index is 2.75. The highest BCUT2D eigenvalue weighted by Gasteiger charge is 2.19. The molecule has 1 aromatic carbocycles. The fourth-order valence-electron chi connectivity index (χ4n) is 1.29. The summed E-state index contributed by atoms with van der Waals surface area (Å²) in [5.74, 6) is -0.219. The minimum atomic E-state index is -1.46. The van der Waals surface area contributed by atoms with Crippen LogP contribution in [0.2, 0.25) is 0 Å². The lowest BCUT2D eigenvalue weighted by Crippen LogP contribution is -2.16. The Morgan fingerprint density at radius 2 is 1.94 bits per heavy atom. The van der Waals surface area contributed by atoms with E-state index in [0.717, 1.165) is 5.56 Å². The van der Waals surface area contributed by atoms with E-state index in [0.29, 0.717) is 4.48 Å². The molecule has 0 aliphatic heterocycles. The Bertz CT molecular complexity index is 390. The molecule has 3 heteroatoms. The number of carbonyl (C=O) groups is 1. The maximum Gasteiger partial charge on any atom is 0.159 e. The summed E-state index contributed by atoms with van der Waals surface area (Å²) in [5.41, 5.74) is -0.551. The summed E-state index contributed by atoms with van der Waals surface area (Å²) in [6, 6.07) is 9.43. The van der Waals surface area contributed by atoms with E-state index in [1.54, 1.807) is 0 Å². The standard InChI is InChI=1S/C13H14BrFO/c1-13(2,15)9-11(16)8-12(14)10-6-4-3-5-7-10/h3-8H,9H2,1-2H3/b12-8-. The molecule has 1 aromatic rings. The Morgan fingerprint density at radius 1 is 1.38 bits per heavy atom. The topological polar surface area (TPSA) is 17.1 Å². The highest BCUT2D eigenvalue weighted by Crippen LogP contribution is 2.22. The van der Waals surface area contributed by atoms with Crippen LogP contribution in [0.3, 0.4) is 0 Å². The molecular weight excluding hydrogens is 271 g/mol. The van der Waals surface area contributed by atoms with E-state index >= 15 is 0 Å². The second-order valence-corrected chi connectivity index (χ2v) is 5.07. The third-order valence-corrected chi connectivity index (χ3v) is 2.62. The first-order chi connectivity index (χ1) is 7.38. The van der Waals surface area contributed by atoms with Crippen molar-refractivity contribution in [1.29, 1.82) is 0 Å². The van der Waals surface area contributed by atoms with Gasteiger partial charge in [0, 0.05) is 10.9 Å². The molecule has 0 radical (unpaired) electrons. The van der Waals surface area contributed by atoms with Gasteiger partial charge in [0.15, 0.2) is 5.78 Å². The molecule has 0 saturated carbocycles. The van der Waals surface area contributed by atoms with E-state index in [9.17, 15) is 9.18 Å². The molecule has 0 unspecified atom stereocenters. The summed E-state index contributed by atoms with van der Waals surface area (Å²) in [6.07, 6.45) is 1.32. The average Bonchev–Trinajstić information content (AvgIpc) is 2.16. The third kappa shape index (κ3) is 4.71. The van der Waals surface area contributed by atoms with Crippen LogP contribution in [0.4, 0.5) is 4.39 Å². The van der Waals surface area contributed by atoms with Crippen molar-refractivity contribution < 1.29 is 9.18 Å². The van der Waals surface area contributed by atoms with E-state index in [-0.39, 0.29) is 12.2 Å². The zero-order chi connectivity index (χ0) is 12.2. The SMILES string of the molecule is CC(C)(F)CC(=O)/C=C(\Br)c1ccccc1. The molecule has 0 amide bonds. The Kier molecular flexibility index (Phi) is 4.42. The highest BCUT2D eigenvalue weighted by atomic mass is 79.9. The average molecular weight is 285 g/mol. The molecule has 0 fully saturated rings. The molecule has 0 aliphatic carbocycles. The lowest BCUT2D eigenvalue weighted by Gasteiger charge is -2.10. The predicted molar refractivity (Wildman–Crippen MR) is 68.2 cm³/mol. The van der Waals surface area contributed by atoms with Crippen molar-refractivity contribution in [2.45, 2.75) is 25.9 Å². The summed E-state index contributed by atoms with van der Waals surface area (Å²) in [6.45, 7) is 2.80. The summed E-state index contributed by atoms with van der Waals surface area (Å²) >= 11 is 3.31. The lowest BCUT2D eigenvalue weighted by atomic mass is 10.0. The predicted octanol–water partition coefficient (Wildman–Crippen LogP) is 4.13. The van der Waals surface area contributed by atoms with Gasteiger partial charge in [-0.15, -0.1) is 0 Å². The first kappa shape index (κ1) is 13.1. The zero-order valence-electron chi connectivity index (χ0n) is 9.34. The van der Waals surface area contributed by atoms with Gasteiger partial charge in [0.1, 0.15) is 5.67 Å². The lowest BCUT2D eigenvalue weighted by molar-refractivity contribution is -0.116. The van der Waals surface area contributed by atoms with Crippen LogP contribution in [0, 0.1) is 0 Å². The molecular formula is C13H14BrFO. The van der Waals surface area contributed by atoms with Gasteiger partial charge in [0.05, 0.1) is 0 Å². The smallest absolute Gasteiger partial charge is 0.159 e. The number of hydrogen-bond acceptors (Lipinski definition) is 1. The number of hydrogen-bond donors (Lipinski definition) is 0. The van der Waals surface area contributed by atoms with Crippen LogP contribution >= 0.6 is 15.9 Å². The van der Waals surface area contributed by atoms with Gasteiger partial charge in [-0.05, 0) is 25.5 Å². The van der Waals surface area contributed by atoms with Crippen LogP contribution in [0.1, 0.15) is 25.8 Å². The quantitative estimate of drug-likeness (QED) is 0.760. The molecule has 0 aliphatic rings. The highest BCUT2D eigenvalue weighted by molar-refractivity contribution is 9.15. The van der Waals surface area contributed by atoms with Crippen LogP contribution in [-0.4, -0.2) is 11.5 Å². The minimum absolute atomic E-state index is 0.102. The molecule has 1 rings (SSSR count). The summed E-state index contributed by atoms with van der Waals surface area (Å²) < 4.78 is 13.9. The van der Waals surface area contributed by atoms with Gasteiger partial charge in [-0.25, -0.2) is 4.39 Å². The molecule has 1 nitrogen and oxygen atoms in total. The minimum Gasteiger partial charge on any atom is -0.295 e. The molecule has 0 aromatic heterocycles. The van der Waals surface area contributed by atoms with Crippen LogP contribution in [0.5, 0.6) is 0 Å². The Labute approximate surface area is 103 Å². The van der Waals surface area contributed by atoms with E-state index in [1.165, 1.54) is 19.9 Å². The Morgan fingerprint density at radius 3 is 2.44 bits per heavy atom. The van der Waals surface area contributed by atoms with Crippen LogP contribution in [0.15, 0.2) is 36.4 Å². The van der Waals surface area contributed by atoms with Gasteiger partial charge < -0.3 is 0 Å². The van der Waals surface area contributed by atoms with E-state index in [2.05, 4.69) is 15.9 Å². The Hall–Kier alpha value is -0.960. The number of alkyl halides is 1. The van der Waals surface area contributed by atoms with Gasteiger partial charge in [-0.3, -0.25) is 4.79 Å². The molecule has 0 N–H and O–H groups in total. The van der Waals surface area contributed by atoms with Gasteiger partial charge in [0.2, 0.25) is 0 Å². The largest absolute Gasteiger partial charge is 0.295 e. The number of ketones is 1. The van der Waals surface area contributed by atoms with Crippen molar-refractivity contribution in [2.24, 2.45) is 0 Å². The number of rotatable bonds is 4. The van der Waals surface area contributed by atoms with Gasteiger partial charge in [0.25, 0.3) is 0 Å². The number of allylic oxidation sites excluding steroid dienone is 1. The van der Waals surface area contributed by atoms with E-state index < -0.39 is 5.67 Å².